The second-order valence-corrected chi connectivity index (χ2v) is 12.3. The van der Waals surface area contributed by atoms with Crippen molar-refractivity contribution in [3.05, 3.63) is 67.8 Å². The topological polar surface area (TPSA) is 69.3 Å². The van der Waals surface area contributed by atoms with Crippen molar-refractivity contribution in [2.75, 3.05) is 24.5 Å². The van der Waals surface area contributed by atoms with Crippen molar-refractivity contribution in [1.29, 1.82) is 5.26 Å². The van der Waals surface area contributed by atoms with Crippen LogP contribution in [-0.4, -0.2) is 39.3 Å². The molecule has 0 radical (unpaired) electrons. The summed E-state index contributed by atoms with van der Waals surface area (Å²) in [7, 11) is 0. The SMILES string of the molecule is CCCCn1c(N2CC(C)CC(C)C2)c(C=C2SC(=S)N(CCc3ccccc3)C2=O)c(C)c(C#N)c1=O. The molecule has 0 bridgehead atoms. The van der Waals surface area contributed by atoms with Crippen molar-refractivity contribution in [3.63, 3.8) is 0 Å². The number of carbonyl (C=O) groups excluding carboxylic acids is 1. The lowest BCUT2D eigenvalue weighted by molar-refractivity contribution is -0.122. The Labute approximate surface area is 235 Å². The highest BCUT2D eigenvalue weighted by atomic mass is 32.2. The van der Waals surface area contributed by atoms with E-state index in [1.54, 1.807) is 9.47 Å². The van der Waals surface area contributed by atoms with Gasteiger partial charge in [-0.25, -0.2) is 0 Å². The third-order valence-corrected chi connectivity index (χ3v) is 8.74. The molecule has 2 aromatic rings. The number of hydrogen-bond donors (Lipinski definition) is 0. The number of carbonyl (C=O) groups is 1. The minimum Gasteiger partial charge on any atom is -0.357 e. The molecule has 2 aliphatic heterocycles. The maximum Gasteiger partial charge on any atom is 0.270 e. The molecule has 200 valence electrons. The molecule has 0 aliphatic carbocycles. The maximum atomic E-state index is 13.5. The Morgan fingerprint density at radius 1 is 1.13 bits per heavy atom. The molecule has 0 spiro atoms. The van der Waals surface area contributed by atoms with E-state index in [0.29, 0.717) is 39.7 Å². The largest absolute Gasteiger partial charge is 0.357 e. The molecule has 1 amide bonds. The molecule has 38 heavy (non-hydrogen) atoms. The second-order valence-electron chi connectivity index (χ2n) is 10.6. The molecule has 2 atom stereocenters. The minimum absolute atomic E-state index is 0.119. The van der Waals surface area contributed by atoms with Gasteiger partial charge in [-0.15, -0.1) is 0 Å². The molecule has 1 aromatic carbocycles. The fourth-order valence-corrected chi connectivity index (χ4v) is 6.84. The first-order chi connectivity index (χ1) is 18.2. The van der Waals surface area contributed by atoms with Crippen LogP contribution >= 0.6 is 24.0 Å². The fourth-order valence-electron chi connectivity index (χ4n) is 5.55. The standard InChI is InChI=1S/C30H36N4O2S2/c1-5-6-13-33-27(32-18-20(2)15-21(3)19-32)24(22(4)25(17-31)28(33)35)16-26-29(36)34(30(37)38-26)14-12-23-10-8-7-9-11-23/h7-11,16,20-21H,5-6,12-15,18-19H2,1-4H3. The maximum absolute atomic E-state index is 13.5. The first kappa shape index (κ1) is 28.1. The molecular weight excluding hydrogens is 512 g/mol. The summed E-state index contributed by atoms with van der Waals surface area (Å²) in [4.78, 5) is 31.5. The van der Waals surface area contributed by atoms with E-state index < -0.39 is 0 Å². The lowest BCUT2D eigenvalue weighted by Gasteiger charge is -2.39. The van der Waals surface area contributed by atoms with Gasteiger partial charge in [-0.05, 0) is 55.2 Å². The van der Waals surface area contributed by atoms with Crippen LogP contribution < -0.4 is 10.5 Å². The number of thioether (sulfide) groups is 1. The van der Waals surface area contributed by atoms with Gasteiger partial charge in [0.25, 0.3) is 11.5 Å². The molecule has 1 aromatic heterocycles. The zero-order chi connectivity index (χ0) is 27.4. The Balaban J connectivity index is 1.79. The molecule has 0 N–H and O–H groups in total. The van der Waals surface area contributed by atoms with Crippen molar-refractivity contribution < 1.29 is 4.79 Å². The van der Waals surface area contributed by atoms with Gasteiger partial charge >= 0.3 is 0 Å². The molecule has 2 unspecified atom stereocenters. The fraction of sp³-hybridized carbons (Fsp3) is 0.467. The molecule has 0 saturated carbocycles. The number of hydrogen-bond acceptors (Lipinski definition) is 6. The summed E-state index contributed by atoms with van der Waals surface area (Å²) in [6.07, 6.45) is 5.50. The third kappa shape index (κ3) is 5.89. The van der Waals surface area contributed by atoms with E-state index >= 15 is 0 Å². The predicted octanol–water partition coefficient (Wildman–Crippen LogP) is 5.75. The molecule has 8 heteroatoms. The Kier molecular flexibility index (Phi) is 9.11. The van der Waals surface area contributed by atoms with Gasteiger partial charge in [-0.1, -0.05) is 81.5 Å². The Hall–Kier alpha value is -2.89. The highest BCUT2D eigenvalue weighted by molar-refractivity contribution is 8.26. The smallest absolute Gasteiger partial charge is 0.270 e. The van der Waals surface area contributed by atoms with E-state index in [2.05, 4.69) is 31.7 Å². The second kappa shape index (κ2) is 12.3. The number of nitrogens with zero attached hydrogens (tertiary/aromatic N) is 4. The number of amides is 1. The lowest BCUT2D eigenvalue weighted by Crippen LogP contribution is -2.43. The van der Waals surface area contributed by atoms with Gasteiger partial charge in [0.1, 0.15) is 21.8 Å². The van der Waals surface area contributed by atoms with E-state index in [0.717, 1.165) is 55.7 Å². The van der Waals surface area contributed by atoms with E-state index in [1.807, 2.05) is 43.3 Å². The van der Waals surface area contributed by atoms with Crippen molar-refractivity contribution in [2.45, 2.75) is 59.9 Å². The van der Waals surface area contributed by atoms with Crippen molar-refractivity contribution in [2.24, 2.45) is 11.8 Å². The van der Waals surface area contributed by atoms with Gasteiger partial charge in [0, 0.05) is 31.7 Å². The number of anilines is 1. The van der Waals surface area contributed by atoms with Gasteiger partial charge in [-0.3, -0.25) is 19.1 Å². The quantitative estimate of drug-likeness (QED) is 0.309. The van der Waals surface area contributed by atoms with Crippen molar-refractivity contribution >= 4 is 46.1 Å². The zero-order valence-corrected chi connectivity index (χ0v) is 24.3. The number of benzene rings is 1. The summed E-state index contributed by atoms with van der Waals surface area (Å²) < 4.78 is 2.32. The third-order valence-electron chi connectivity index (χ3n) is 7.37. The molecule has 4 rings (SSSR count). The van der Waals surface area contributed by atoms with E-state index in [9.17, 15) is 14.9 Å². The average Bonchev–Trinajstić information content (AvgIpc) is 3.15. The van der Waals surface area contributed by atoms with Crippen LogP contribution in [0.1, 0.15) is 62.3 Å². The predicted molar refractivity (Wildman–Crippen MR) is 160 cm³/mol. The van der Waals surface area contributed by atoms with Gasteiger partial charge in [0.2, 0.25) is 0 Å². The van der Waals surface area contributed by atoms with Crippen LogP contribution in [0.2, 0.25) is 0 Å². The van der Waals surface area contributed by atoms with Gasteiger partial charge < -0.3 is 4.90 Å². The zero-order valence-electron chi connectivity index (χ0n) is 22.7. The first-order valence-electron chi connectivity index (χ1n) is 13.5. The average molecular weight is 549 g/mol. The van der Waals surface area contributed by atoms with Crippen LogP contribution in [0, 0.1) is 30.1 Å². The van der Waals surface area contributed by atoms with E-state index in [-0.39, 0.29) is 17.0 Å². The number of piperidine rings is 1. The summed E-state index contributed by atoms with van der Waals surface area (Å²) in [6.45, 7) is 11.1. The number of unbranched alkanes of at least 4 members (excludes halogenated alkanes) is 1. The number of pyridine rings is 1. The van der Waals surface area contributed by atoms with E-state index in [1.165, 1.54) is 11.8 Å². The van der Waals surface area contributed by atoms with Gasteiger partial charge in [-0.2, -0.15) is 5.26 Å². The van der Waals surface area contributed by atoms with Crippen LogP contribution in [0.15, 0.2) is 40.0 Å². The van der Waals surface area contributed by atoms with E-state index in [4.69, 9.17) is 12.2 Å². The molecule has 3 heterocycles. The number of rotatable bonds is 8. The Bertz CT molecular complexity index is 1330. The normalized spacial score (nSPS) is 20.9. The van der Waals surface area contributed by atoms with Crippen LogP contribution in [0.25, 0.3) is 6.08 Å². The van der Waals surface area contributed by atoms with Crippen molar-refractivity contribution in [3.8, 4) is 6.07 Å². The summed E-state index contributed by atoms with van der Waals surface area (Å²) >= 11 is 6.91. The number of aromatic nitrogens is 1. The summed E-state index contributed by atoms with van der Waals surface area (Å²) in [5.41, 5.74) is 2.46. The Morgan fingerprint density at radius 3 is 2.45 bits per heavy atom. The summed E-state index contributed by atoms with van der Waals surface area (Å²) in [6, 6.07) is 12.2. The highest BCUT2D eigenvalue weighted by Crippen LogP contribution is 2.37. The highest BCUT2D eigenvalue weighted by Gasteiger charge is 2.34. The van der Waals surface area contributed by atoms with Crippen molar-refractivity contribution in [1.82, 2.24) is 9.47 Å². The number of nitriles is 1. The lowest BCUT2D eigenvalue weighted by atomic mass is 9.91. The van der Waals surface area contributed by atoms with Crippen LogP contribution in [0.5, 0.6) is 0 Å². The Morgan fingerprint density at radius 2 is 1.82 bits per heavy atom. The van der Waals surface area contributed by atoms with Gasteiger partial charge in [0.05, 0.1) is 4.91 Å². The molecule has 2 fully saturated rings. The molecule has 6 nitrogen and oxygen atoms in total. The molecule has 2 saturated heterocycles. The van der Waals surface area contributed by atoms with Crippen LogP contribution in [0.4, 0.5) is 5.82 Å². The van der Waals surface area contributed by atoms with Crippen LogP contribution in [-0.2, 0) is 17.8 Å². The van der Waals surface area contributed by atoms with Crippen LogP contribution in [0.3, 0.4) is 0 Å². The summed E-state index contributed by atoms with van der Waals surface area (Å²) in [5, 5.41) is 9.94. The monoisotopic (exact) mass is 548 g/mol. The number of thiocarbonyl (C=S) groups is 1. The minimum atomic E-state index is -0.244. The molecular formula is C30H36N4O2S2. The van der Waals surface area contributed by atoms with Gasteiger partial charge in [0.15, 0.2) is 0 Å². The first-order valence-corrected chi connectivity index (χ1v) is 14.7. The molecule has 2 aliphatic rings. The summed E-state index contributed by atoms with van der Waals surface area (Å²) in [5.74, 6) is 1.67.